The smallest absolute Gasteiger partial charge is 0.344 e. The van der Waals surface area contributed by atoms with Crippen molar-refractivity contribution >= 4 is 35.6 Å². The number of esters is 2. The van der Waals surface area contributed by atoms with Gasteiger partial charge >= 0.3 is 11.9 Å². The van der Waals surface area contributed by atoms with Crippen LogP contribution in [0.4, 0.5) is 5.88 Å². The number of ketones is 1. The lowest BCUT2D eigenvalue weighted by atomic mass is 10.1. The number of Topliss-reactive ketones (excluding diaryl/α,β-unsaturated/α-hetero) is 1. The van der Waals surface area contributed by atoms with Gasteiger partial charge in [0.15, 0.2) is 12.4 Å². The molecule has 1 aromatic carbocycles. The molecule has 2 aromatic rings. The molecule has 1 heterocycles. The number of carbonyl (C=O) groups is 4. The van der Waals surface area contributed by atoms with Crippen LogP contribution in [0.5, 0.6) is 0 Å². The van der Waals surface area contributed by atoms with Crippen LogP contribution in [0.2, 0.25) is 0 Å². The predicted molar refractivity (Wildman–Crippen MR) is 109 cm³/mol. The lowest BCUT2D eigenvalue weighted by Crippen LogP contribution is -2.21. The summed E-state index contributed by atoms with van der Waals surface area (Å²) in [5, 5.41) is 2.34. The highest BCUT2D eigenvalue weighted by Gasteiger charge is 2.28. The highest BCUT2D eigenvalue weighted by atomic mass is 16.5. The van der Waals surface area contributed by atoms with Crippen molar-refractivity contribution in [3.05, 3.63) is 58.4 Å². The molecule has 1 N–H and O–H groups in total. The van der Waals surface area contributed by atoms with Gasteiger partial charge in [-0.3, -0.25) is 14.9 Å². The molecule has 0 fully saturated rings. The molecule has 0 unspecified atom stereocenters. The Morgan fingerprint density at radius 2 is 1.70 bits per heavy atom. The van der Waals surface area contributed by atoms with E-state index < -0.39 is 30.2 Å². The molecule has 0 spiro atoms. The second-order valence-electron chi connectivity index (χ2n) is 6.41. The summed E-state index contributed by atoms with van der Waals surface area (Å²) in [4.78, 5) is 48.0. The lowest BCUT2D eigenvalue weighted by molar-refractivity contribution is -0.142. The van der Waals surface area contributed by atoms with Crippen molar-refractivity contribution in [1.82, 2.24) is 0 Å². The SMILES string of the molecule is CCOC(=O)c1c(NC(=O)COC(=O)/C=C/c2ccc(C)cc2)oc(C)c1C(C)=O. The van der Waals surface area contributed by atoms with Gasteiger partial charge in [-0.05, 0) is 39.3 Å². The van der Waals surface area contributed by atoms with Crippen molar-refractivity contribution in [1.29, 1.82) is 0 Å². The molecule has 0 saturated heterocycles. The second-order valence-corrected chi connectivity index (χ2v) is 6.41. The summed E-state index contributed by atoms with van der Waals surface area (Å²) in [6.45, 7) is 5.81. The number of anilines is 1. The third-order valence-corrected chi connectivity index (χ3v) is 4.00. The Hall–Kier alpha value is -3.68. The van der Waals surface area contributed by atoms with Gasteiger partial charge in [0.05, 0.1) is 12.2 Å². The number of hydrogen-bond donors (Lipinski definition) is 1. The summed E-state index contributed by atoms with van der Waals surface area (Å²) in [6, 6.07) is 7.49. The average molecular weight is 413 g/mol. The molecular formula is C22H23NO7. The van der Waals surface area contributed by atoms with Crippen LogP contribution in [0.15, 0.2) is 34.8 Å². The molecule has 0 aliphatic rings. The molecule has 1 amide bonds. The molecule has 0 radical (unpaired) electrons. The van der Waals surface area contributed by atoms with E-state index in [9.17, 15) is 19.2 Å². The highest BCUT2D eigenvalue weighted by molar-refractivity contribution is 6.10. The van der Waals surface area contributed by atoms with E-state index in [0.717, 1.165) is 11.1 Å². The first-order chi connectivity index (χ1) is 14.2. The Balaban J connectivity index is 2.03. The van der Waals surface area contributed by atoms with Crippen molar-refractivity contribution in [2.75, 3.05) is 18.5 Å². The van der Waals surface area contributed by atoms with Crippen molar-refractivity contribution in [3.8, 4) is 0 Å². The van der Waals surface area contributed by atoms with E-state index in [-0.39, 0.29) is 29.4 Å². The zero-order chi connectivity index (χ0) is 22.3. The minimum Gasteiger partial charge on any atom is -0.462 e. The minimum atomic E-state index is -0.798. The third kappa shape index (κ3) is 5.91. The van der Waals surface area contributed by atoms with Crippen molar-refractivity contribution in [2.45, 2.75) is 27.7 Å². The number of benzene rings is 1. The standard InChI is InChI=1S/C22H23NO7/c1-5-28-22(27)20-19(14(3)24)15(4)30-21(20)23-17(25)12-29-18(26)11-10-16-8-6-13(2)7-9-16/h6-11H,5,12H2,1-4H3,(H,23,25)/b11-10+. The number of ether oxygens (including phenoxy) is 2. The van der Waals surface area contributed by atoms with Gasteiger partial charge in [-0.2, -0.15) is 0 Å². The summed E-state index contributed by atoms with van der Waals surface area (Å²) in [5.41, 5.74) is 1.76. The molecule has 0 aliphatic heterocycles. The van der Waals surface area contributed by atoms with E-state index >= 15 is 0 Å². The molecular weight excluding hydrogens is 390 g/mol. The number of furan rings is 1. The van der Waals surface area contributed by atoms with E-state index in [1.54, 1.807) is 13.0 Å². The van der Waals surface area contributed by atoms with Crippen molar-refractivity contribution in [2.24, 2.45) is 0 Å². The number of rotatable bonds is 8. The molecule has 8 heteroatoms. The van der Waals surface area contributed by atoms with E-state index in [4.69, 9.17) is 13.9 Å². The van der Waals surface area contributed by atoms with Gasteiger partial charge in [0.1, 0.15) is 11.3 Å². The second kappa shape index (κ2) is 10.2. The summed E-state index contributed by atoms with van der Waals surface area (Å²) in [7, 11) is 0. The Bertz CT molecular complexity index is 984. The molecule has 1 aromatic heterocycles. The Labute approximate surface area is 173 Å². The van der Waals surface area contributed by atoms with E-state index in [0.29, 0.717) is 0 Å². The Kier molecular flexibility index (Phi) is 7.69. The fraction of sp³-hybridized carbons (Fsp3) is 0.273. The lowest BCUT2D eigenvalue weighted by Gasteiger charge is -2.06. The van der Waals surface area contributed by atoms with E-state index in [2.05, 4.69) is 5.32 Å². The number of amides is 1. The molecule has 158 valence electrons. The quantitative estimate of drug-likeness (QED) is 0.401. The van der Waals surface area contributed by atoms with Crippen molar-refractivity contribution < 1.29 is 33.1 Å². The zero-order valence-electron chi connectivity index (χ0n) is 17.2. The van der Waals surface area contributed by atoms with Gasteiger partial charge in [0.2, 0.25) is 5.88 Å². The number of carbonyl (C=O) groups excluding carboxylic acids is 4. The van der Waals surface area contributed by atoms with Crippen LogP contribution in [-0.2, 0) is 19.1 Å². The Morgan fingerprint density at radius 3 is 2.30 bits per heavy atom. The highest BCUT2D eigenvalue weighted by Crippen LogP contribution is 2.28. The van der Waals surface area contributed by atoms with Crippen LogP contribution in [0, 0.1) is 13.8 Å². The summed E-state index contributed by atoms with van der Waals surface area (Å²) >= 11 is 0. The third-order valence-electron chi connectivity index (χ3n) is 4.00. The van der Waals surface area contributed by atoms with Gasteiger partial charge in [-0.1, -0.05) is 29.8 Å². The first-order valence-electron chi connectivity index (χ1n) is 9.25. The van der Waals surface area contributed by atoms with Crippen LogP contribution in [0.25, 0.3) is 6.08 Å². The molecule has 30 heavy (non-hydrogen) atoms. The Morgan fingerprint density at radius 1 is 1.03 bits per heavy atom. The van der Waals surface area contributed by atoms with Gasteiger partial charge in [-0.15, -0.1) is 0 Å². The summed E-state index contributed by atoms with van der Waals surface area (Å²) < 4.78 is 15.2. The van der Waals surface area contributed by atoms with Gasteiger partial charge < -0.3 is 13.9 Å². The minimum absolute atomic E-state index is 0.0294. The fourth-order valence-corrected chi connectivity index (χ4v) is 2.64. The van der Waals surface area contributed by atoms with E-state index in [1.807, 2.05) is 31.2 Å². The fourth-order valence-electron chi connectivity index (χ4n) is 2.64. The summed E-state index contributed by atoms with van der Waals surface area (Å²) in [6.07, 6.45) is 2.76. The molecule has 0 atom stereocenters. The summed E-state index contributed by atoms with van der Waals surface area (Å²) in [5.74, 6) is -2.72. The van der Waals surface area contributed by atoms with E-state index in [1.165, 1.54) is 19.9 Å². The average Bonchev–Trinajstić information content (AvgIpc) is 3.02. The maximum atomic E-state index is 12.2. The topological polar surface area (TPSA) is 112 Å². The molecule has 0 aliphatic carbocycles. The maximum absolute atomic E-state index is 12.2. The molecule has 8 nitrogen and oxygen atoms in total. The number of hydrogen-bond acceptors (Lipinski definition) is 7. The van der Waals surface area contributed by atoms with Crippen molar-refractivity contribution in [3.63, 3.8) is 0 Å². The van der Waals surface area contributed by atoms with Gasteiger partial charge in [0.25, 0.3) is 5.91 Å². The number of aryl methyl sites for hydroxylation is 2. The predicted octanol–water partition coefficient (Wildman–Crippen LogP) is 3.47. The number of nitrogens with one attached hydrogen (secondary N) is 1. The first kappa shape index (κ1) is 22.6. The van der Waals surface area contributed by atoms with Gasteiger partial charge in [-0.25, -0.2) is 9.59 Å². The van der Waals surface area contributed by atoms with Crippen LogP contribution >= 0.6 is 0 Å². The van der Waals surface area contributed by atoms with Gasteiger partial charge in [0, 0.05) is 6.08 Å². The zero-order valence-corrected chi connectivity index (χ0v) is 17.2. The maximum Gasteiger partial charge on any atom is 0.344 e. The monoisotopic (exact) mass is 413 g/mol. The normalized spacial score (nSPS) is 10.7. The first-order valence-corrected chi connectivity index (χ1v) is 9.25. The van der Waals surface area contributed by atoms with Crippen LogP contribution in [0.1, 0.15) is 51.5 Å². The molecule has 2 rings (SSSR count). The molecule has 0 bridgehead atoms. The molecule has 0 saturated carbocycles. The van der Waals surface area contributed by atoms with Crippen LogP contribution in [-0.4, -0.2) is 36.8 Å². The van der Waals surface area contributed by atoms with Crippen LogP contribution < -0.4 is 5.32 Å². The van der Waals surface area contributed by atoms with Crippen LogP contribution in [0.3, 0.4) is 0 Å². The largest absolute Gasteiger partial charge is 0.462 e.